The molecule has 2 nitrogen and oxygen atoms in total. The standard InChI is InChI=1S/C28H43NO/c1-20(11-16-27-24(5)22(3)17-18-28(27,6)7)9-8-10-21(2)19-23(4)29-25-12-14-26(30)15-13-25/h8-11,16,19,22,25-26,29-30H,4,12-15,17-18H2,1-3,5-7H3/b10-8+,16-11+,20-9+,21-19+. The van der Waals surface area contributed by atoms with Gasteiger partial charge < -0.3 is 10.4 Å². The number of nitrogens with one attached hydrogen (secondary N) is 1. The fourth-order valence-corrected chi connectivity index (χ4v) is 4.55. The highest BCUT2D eigenvalue weighted by atomic mass is 16.3. The molecule has 0 aromatic heterocycles. The molecular weight excluding hydrogens is 366 g/mol. The third kappa shape index (κ3) is 7.47. The van der Waals surface area contributed by atoms with Crippen LogP contribution in [-0.4, -0.2) is 17.3 Å². The second-order valence-electron chi connectivity index (χ2n) is 10.1. The number of hydrogen-bond donors (Lipinski definition) is 2. The van der Waals surface area contributed by atoms with Crippen molar-refractivity contribution in [3.05, 3.63) is 71.0 Å². The van der Waals surface area contributed by atoms with Gasteiger partial charge in [0.05, 0.1) is 6.10 Å². The molecule has 0 spiro atoms. The lowest BCUT2D eigenvalue weighted by atomic mass is 9.69. The van der Waals surface area contributed by atoms with Crippen LogP contribution in [-0.2, 0) is 0 Å². The summed E-state index contributed by atoms with van der Waals surface area (Å²) in [6, 6.07) is 0.436. The highest BCUT2D eigenvalue weighted by Crippen LogP contribution is 2.43. The summed E-state index contributed by atoms with van der Waals surface area (Å²) in [5.41, 5.74) is 6.71. The van der Waals surface area contributed by atoms with E-state index in [1.807, 2.05) is 0 Å². The normalized spacial score (nSPS) is 28.4. The maximum atomic E-state index is 9.63. The van der Waals surface area contributed by atoms with Crippen molar-refractivity contribution in [2.45, 2.75) is 92.2 Å². The van der Waals surface area contributed by atoms with Gasteiger partial charge in [-0.05, 0) is 87.9 Å². The second kappa shape index (κ2) is 11.0. The Morgan fingerprint density at radius 2 is 1.73 bits per heavy atom. The molecule has 0 radical (unpaired) electrons. The Hall–Kier alpha value is -1.80. The minimum atomic E-state index is -0.117. The molecule has 0 amide bonds. The van der Waals surface area contributed by atoms with E-state index >= 15 is 0 Å². The van der Waals surface area contributed by atoms with E-state index in [1.54, 1.807) is 5.57 Å². The third-order valence-corrected chi connectivity index (χ3v) is 6.81. The highest BCUT2D eigenvalue weighted by molar-refractivity contribution is 5.38. The molecule has 0 saturated heterocycles. The lowest BCUT2D eigenvalue weighted by molar-refractivity contribution is 0.119. The number of aliphatic hydroxyl groups is 1. The molecule has 1 unspecified atom stereocenters. The van der Waals surface area contributed by atoms with E-state index in [9.17, 15) is 5.11 Å². The zero-order valence-electron chi connectivity index (χ0n) is 20.1. The summed E-state index contributed by atoms with van der Waals surface area (Å²) in [6.07, 6.45) is 19.3. The molecule has 2 heteroatoms. The fourth-order valence-electron chi connectivity index (χ4n) is 4.55. The van der Waals surface area contributed by atoms with Gasteiger partial charge in [0.2, 0.25) is 0 Å². The van der Waals surface area contributed by atoms with Gasteiger partial charge in [0.1, 0.15) is 0 Å². The first-order valence-electron chi connectivity index (χ1n) is 11.6. The number of hydrogen-bond acceptors (Lipinski definition) is 2. The first-order valence-corrected chi connectivity index (χ1v) is 11.6. The van der Waals surface area contributed by atoms with Gasteiger partial charge in [-0.3, -0.25) is 0 Å². The summed E-state index contributed by atoms with van der Waals surface area (Å²) >= 11 is 0. The van der Waals surface area contributed by atoms with Crippen molar-refractivity contribution in [3.8, 4) is 0 Å². The Morgan fingerprint density at radius 3 is 2.40 bits per heavy atom. The van der Waals surface area contributed by atoms with Crippen LogP contribution in [0.4, 0.5) is 0 Å². The number of allylic oxidation sites excluding steroid dienone is 10. The van der Waals surface area contributed by atoms with Crippen molar-refractivity contribution in [1.82, 2.24) is 5.32 Å². The Labute approximate surface area is 185 Å². The minimum Gasteiger partial charge on any atom is -0.393 e. The molecule has 2 aliphatic rings. The van der Waals surface area contributed by atoms with Gasteiger partial charge in [0, 0.05) is 11.7 Å². The van der Waals surface area contributed by atoms with Gasteiger partial charge in [-0.2, -0.15) is 0 Å². The quantitative estimate of drug-likeness (QED) is 0.437. The van der Waals surface area contributed by atoms with E-state index in [0.29, 0.717) is 12.0 Å². The second-order valence-corrected chi connectivity index (χ2v) is 10.1. The van der Waals surface area contributed by atoms with Crippen LogP contribution in [0.25, 0.3) is 0 Å². The van der Waals surface area contributed by atoms with Crippen LogP contribution < -0.4 is 5.32 Å². The first kappa shape index (κ1) is 24.5. The molecule has 2 N–H and O–H groups in total. The molecule has 1 atom stereocenters. The summed E-state index contributed by atoms with van der Waals surface area (Å²) in [7, 11) is 0. The number of rotatable bonds is 7. The van der Waals surface area contributed by atoms with Gasteiger partial charge in [-0.1, -0.05) is 68.9 Å². The Bertz CT molecular complexity index is 752. The van der Waals surface area contributed by atoms with Gasteiger partial charge >= 0.3 is 0 Å². The minimum absolute atomic E-state index is 0.117. The molecule has 0 aromatic rings. The van der Waals surface area contributed by atoms with Crippen molar-refractivity contribution in [1.29, 1.82) is 0 Å². The molecule has 1 saturated carbocycles. The van der Waals surface area contributed by atoms with Gasteiger partial charge in [-0.25, -0.2) is 0 Å². The van der Waals surface area contributed by atoms with Crippen LogP contribution in [0, 0.1) is 11.3 Å². The molecule has 1 fully saturated rings. The highest BCUT2D eigenvalue weighted by Gasteiger charge is 2.29. The van der Waals surface area contributed by atoms with Crippen LogP contribution in [0.1, 0.15) is 80.1 Å². The molecule has 2 rings (SSSR count). The van der Waals surface area contributed by atoms with Crippen molar-refractivity contribution < 1.29 is 5.11 Å². The summed E-state index contributed by atoms with van der Waals surface area (Å²) < 4.78 is 0. The lowest BCUT2D eigenvalue weighted by Gasteiger charge is -2.36. The fraction of sp³-hybridized carbons (Fsp3) is 0.571. The molecule has 0 aliphatic heterocycles. The zero-order chi connectivity index (χ0) is 22.3. The van der Waals surface area contributed by atoms with E-state index in [2.05, 4.69) is 89.9 Å². The molecule has 0 aromatic carbocycles. The van der Waals surface area contributed by atoms with Crippen LogP contribution >= 0.6 is 0 Å². The maximum Gasteiger partial charge on any atom is 0.0541 e. The van der Waals surface area contributed by atoms with E-state index in [4.69, 9.17) is 0 Å². The van der Waals surface area contributed by atoms with Gasteiger partial charge in [-0.15, -0.1) is 0 Å². The zero-order valence-corrected chi connectivity index (χ0v) is 20.1. The summed E-state index contributed by atoms with van der Waals surface area (Å²) in [5, 5.41) is 13.1. The van der Waals surface area contributed by atoms with Crippen LogP contribution in [0.15, 0.2) is 71.0 Å². The summed E-state index contributed by atoms with van der Waals surface area (Å²) in [4.78, 5) is 0. The number of aliphatic hydroxyl groups excluding tert-OH is 1. The lowest BCUT2D eigenvalue weighted by Crippen LogP contribution is -2.33. The first-order chi connectivity index (χ1) is 14.1. The summed E-state index contributed by atoms with van der Waals surface area (Å²) in [6.45, 7) is 17.8. The Morgan fingerprint density at radius 1 is 1.07 bits per heavy atom. The van der Waals surface area contributed by atoms with Gasteiger partial charge in [0.15, 0.2) is 0 Å². The van der Waals surface area contributed by atoms with Crippen molar-refractivity contribution in [2.75, 3.05) is 0 Å². The molecule has 0 heterocycles. The van der Waals surface area contributed by atoms with Crippen molar-refractivity contribution >= 4 is 0 Å². The van der Waals surface area contributed by atoms with Crippen molar-refractivity contribution in [2.24, 2.45) is 11.3 Å². The Balaban J connectivity index is 1.92. The molecular formula is C28H43NO. The monoisotopic (exact) mass is 409 g/mol. The SMILES string of the molecule is C=C(/C=C(C)/C=C/C=C(C)/C=C/C1=C(C)C(C)CCC1(C)C)NC1CCC(O)CC1. The summed E-state index contributed by atoms with van der Waals surface area (Å²) in [5.74, 6) is 0.690. The smallest absolute Gasteiger partial charge is 0.0541 e. The average molecular weight is 410 g/mol. The van der Waals surface area contributed by atoms with Crippen LogP contribution in [0.3, 0.4) is 0 Å². The average Bonchev–Trinajstić information content (AvgIpc) is 2.66. The molecule has 30 heavy (non-hydrogen) atoms. The molecule has 2 aliphatic carbocycles. The maximum absolute atomic E-state index is 9.63. The predicted molar refractivity (Wildman–Crippen MR) is 131 cm³/mol. The molecule has 0 bridgehead atoms. The predicted octanol–water partition coefficient (Wildman–Crippen LogP) is 7.17. The molecule has 166 valence electrons. The van der Waals surface area contributed by atoms with E-state index in [-0.39, 0.29) is 11.5 Å². The van der Waals surface area contributed by atoms with Gasteiger partial charge in [0.25, 0.3) is 0 Å². The van der Waals surface area contributed by atoms with Crippen molar-refractivity contribution in [3.63, 3.8) is 0 Å². The third-order valence-electron chi connectivity index (χ3n) is 6.81. The van der Waals surface area contributed by atoms with E-state index < -0.39 is 0 Å². The largest absolute Gasteiger partial charge is 0.393 e. The van der Waals surface area contributed by atoms with Crippen LogP contribution in [0.2, 0.25) is 0 Å². The Kier molecular flexibility index (Phi) is 8.97. The van der Waals surface area contributed by atoms with E-state index in [1.165, 1.54) is 29.6 Å². The van der Waals surface area contributed by atoms with Crippen LogP contribution in [0.5, 0.6) is 0 Å². The van der Waals surface area contributed by atoms with E-state index in [0.717, 1.165) is 31.4 Å². The topological polar surface area (TPSA) is 32.3 Å².